The monoisotopic (exact) mass is 288 g/mol. The highest BCUT2D eigenvalue weighted by atomic mass is 19.1. The van der Waals surface area contributed by atoms with Crippen LogP contribution in [-0.2, 0) is 13.0 Å². The first kappa shape index (κ1) is 13.6. The summed E-state index contributed by atoms with van der Waals surface area (Å²) in [7, 11) is 0. The van der Waals surface area contributed by atoms with E-state index in [0.29, 0.717) is 18.7 Å². The third kappa shape index (κ3) is 3.21. The summed E-state index contributed by atoms with van der Waals surface area (Å²) in [4.78, 5) is 16.3. The van der Waals surface area contributed by atoms with Gasteiger partial charge < -0.3 is 15.2 Å². The molecule has 110 valence electrons. The van der Waals surface area contributed by atoms with Crippen LogP contribution in [0.1, 0.15) is 22.5 Å². The largest absolute Gasteiger partial charge is 0.356 e. The number of benzene rings is 1. The molecule has 1 amide bonds. The summed E-state index contributed by atoms with van der Waals surface area (Å²) in [6.07, 6.45) is 3.39. The van der Waals surface area contributed by atoms with Crippen LogP contribution in [0.4, 0.5) is 10.3 Å². The maximum absolute atomic E-state index is 13.0. The summed E-state index contributed by atoms with van der Waals surface area (Å²) in [5, 5.41) is 5.97. The molecule has 5 nitrogen and oxygen atoms in total. The molecule has 0 bridgehead atoms. The fourth-order valence-corrected chi connectivity index (χ4v) is 2.39. The van der Waals surface area contributed by atoms with Gasteiger partial charge in [0.1, 0.15) is 11.5 Å². The number of fused-ring (bicyclic) bond motifs is 1. The highest BCUT2D eigenvalue weighted by molar-refractivity contribution is 5.92. The second-order valence-corrected chi connectivity index (χ2v) is 5.06. The van der Waals surface area contributed by atoms with E-state index in [1.165, 1.54) is 12.1 Å². The van der Waals surface area contributed by atoms with E-state index in [-0.39, 0.29) is 11.7 Å². The Hall–Kier alpha value is -2.37. The van der Waals surface area contributed by atoms with E-state index in [0.717, 1.165) is 31.0 Å². The Bertz CT molecular complexity index is 629. The number of imidazole rings is 1. The van der Waals surface area contributed by atoms with Gasteiger partial charge >= 0.3 is 0 Å². The van der Waals surface area contributed by atoms with Crippen LogP contribution in [0.2, 0.25) is 0 Å². The highest BCUT2D eigenvalue weighted by Crippen LogP contribution is 2.13. The zero-order valence-corrected chi connectivity index (χ0v) is 11.6. The standard InChI is InChI=1S/C15H17FN4O/c16-12-4-1-3-11(9-12)5-7-17-14(21)13-10-20-8-2-6-18-15(20)19-13/h1,3-4,9-10H,2,5-8H2,(H,17,21)(H,18,19). The van der Waals surface area contributed by atoms with Crippen molar-refractivity contribution in [2.75, 3.05) is 18.4 Å². The van der Waals surface area contributed by atoms with Crippen LogP contribution in [0.25, 0.3) is 0 Å². The summed E-state index contributed by atoms with van der Waals surface area (Å²) in [6.45, 7) is 2.22. The van der Waals surface area contributed by atoms with E-state index in [1.54, 1.807) is 12.3 Å². The molecule has 6 heteroatoms. The van der Waals surface area contributed by atoms with Gasteiger partial charge in [-0.05, 0) is 30.5 Å². The first-order chi connectivity index (χ1) is 10.2. The molecule has 0 atom stereocenters. The SMILES string of the molecule is O=C(NCCc1cccc(F)c1)c1cn2c(n1)NCCC2. The van der Waals surface area contributed by atoms with E-state index in [1.807, 2.05) is 10.6 Å². The maximum Gasteiger partial charge on any atom is 0.271 e. The molecule has 2 aromatic rings. The first-order valence-corrected chi connectivity index (χ1v) is 7.06. The number of aromatic nitrogens is 2. The number of nitrogens with one attached hydrogen (secondary N) is 2. The molecule has 1 aromatic heterocycles. The van der Waals surface area contributed by atoms with Gasteiger partial charge in [0.15, 0.2) is 0 Å². The van der Waals surface area contributed by atoms with E-state index < -0.39 is 0 Å². The van der Waals surface area contributed by atoms with Crippen LogP contribution in [0.15, 0.2) is 30.5 Å². The fraction of sp³-hybridized carbons (Fsp3) is 0.333. The zero-order valence-electron chi connectivity index (χ0n) is 11.6. The lowest BCUT2D eigenvalue weighted by Gasteiger charge is -2.14. The molecule has 2 heterocycles. The van der Waals surface area contributed by atoms with Crippen LogP contribution in [0, 0.1) is 5.82 Å². The molecule has 1 aliphatic rings. The molecule has 2 N–H and O–H groups in total. The molecule has 0 fully saturated rings. The van der Waals surface area contributed by atoms with Crippen LogP contribution >= 0.6 is 0 Å². The quantitative estimate of drug-likeness (QED) is 0.902. The molecule has 0 aliphatic carbocycles. The second-order valence-electron chi connectivity index (χ2n) is 5.06. The van der Waals surface area contributed by atoms with Crippen molar-refractivity contribution < 1.29 is 9.18 Å². The Balaban J connectivity index is 1.55. The number of halogens is 1. The minimum atomic E-state index is -0.258. The lowest BCUT2D eigenvalue weighted by molar-refractivity contribution is 0.0949. The van der Waals surface area contributed by atoms with Gasteiger partial charge in [-0.3, -0.25) is 4.79 Å². The predicted octanol–water partition coefficient (Wildman–Crippen LogP) is 1.81. The average Bonchev–Trinajstić information content (AvgIpc) is 2.91. The maximum atomic E-state index is 13.0. The third-order valence-electron chi connectivity index (χ3n) is 3.46. The fourth-order valence-electron chi connectivity index (χ4n) is 2.39. The normalized spacial score (nSPS) is 13.4. The third-order valence-corrected chi connectivity index (χ3v) is 3.46. The number of hydrogen-bond donors (Lipinski definition) is 2. The topological polar surface area (TPSA) is 59.0 Å². The molecule has 1 aliphatic heterocycles. The van der Waals surface area contributed by atoms with Gasteiger partial charge in [0, 0.05) is 25.8 Å². The van der Waals surface area contributed by atoms with Crippen LogP contribution in [0.5, 0.6) is 0 Å². The summed E-state index contributed by atoms with van der Waals surface area (Å²) in [5.74, 6) is 0.290. The summed E-state index contributed by atoms with van der Waals surface area (Å²) in [5.41, 5.74) is 1.28. The van der Waals surface area contributed by atoms with Crippen molar-refractivity contribution >= 4 is 11.9 Å². The van der Waals surface area contributed by atoms with E-state index in [9.17, 15) is 9.18 Å². The van der Waals surface area contributed by atoms with E-state index >= 15 is 0 Å². The summed E-state index contributed by atoms with van der Waals surface area (Å²) >= 11 is 0. The van der Waals surface area contributed by atoms with Crippen molar-refractivity contribution in [3.63, 3.8) is 0 Å². The number of carbonyl (C=O) groups excluding carboxylic acids is 1. The molecule has 0 saturated carbocycles. The lowest BCUT2D eigenvalue weighted by atomic mass is 10.1. The Kier molecular flexibility index (Phi) is 3.85. The van der Waals surface area contributed by atoms with E-state index in [4.69, 9.17) is 0 Å². The van der Waals surface area contributed by atoms with Crippen molar-refractivity contribution in [1.29, 1.82) is 0 Å². The van der Waals surface area contributed by atoms with Gasteiger partial charge in [-0.2, -0.15) is 0 Å². The summed E-state index contributed by atoms with van der Waals surface area (Å²) < 4.78 is 15.0. The summed E-state index contributed by atoms with van der Waals surface area (Å²) in [6, 6.07) is 6.40. The van der Waals surface area contributed by atoms with Crippen molar-refractivity contribution in [2.24, 2.45) is 0 Å². The molecular weight excluding hydrogens is 271 g/mol. The van der Waals surface area contributed by atoms with Gasteiger partial charge in [0.2, 0.25) is 5.95 Å². The molecule has 0 radical (unpaired) electrons. The Morgan fingerprint density at radius 3 is 3.19 bits per heavy atom. The lowest BCUT2D eigenvalue weighted by Crippen LogP contribution is -2.26. The molecule has 1 aromatic carbocycles. The molecule has 0 saturated heterocycles. The number of anilines is 1. The van der Waals surface area contributed by atoms with Crippen LogP contribution in [-0.4, -0.2) is 28.5 Å². The van der Waals surface area contributed by atoms with Gasteiger partial charge in [-0.25, -0.2) is 9.37 Å². The van der Waals surface area contributed by atoms with Crippen molar-refractivity contribution in [3.05, 3.63) is 47.5 Å². The van der Waals surface area contributed by atoms with Crippen molar-refractivity contribution in [3.8, 4) is 0 Å². The minimum absolute atomic E-state index is 0.199. The number of carbonyl (C=O) groups is 1. The molecule has 21 heavy (non-hydrogen) atoms. The number of hydrogen-bond acceptors (Lipinski definition) is 3. The second kappa shape index (κ2) is 5.95. The number of rotatable bonds is 4. The predicted molar refractivity (Wildman–Crippen MR) is 77.8 cm³/mol. The number of amides is 1. The Morgan fingerprint density at radius 1 is 1.48 bits per heavy atom. The van der Waals surface area contributed by atoms with Gasteiger partial charge in [0.05, 0.1) is 0 Å². The van der Waals surface area contributed by atoms with E-state index in [2.05, 4.69) is 15.6 Å². The Labute approximate surface area is 122 Å². The van der Waals surface area contributed by atoms with Crippen molar-refractivity contribution in [1.82, 2.24) is 14.9 Å². The minimum Gasteiger partial charge on any atom is -0.356 e. The molecule has 0 unspecified atom stereocenters. The smallest absolute Gasteiger partial charge is 0.271 e. The number of nitrogens with zero attached hydrogens (tertiary/aromatic N) is 2. The van der Waals surface area contributed by atoms with Crippen LogP contribution in [0.3, 0.4) is 0 Å². The first-order valence-electron chi connectivity index (χ1n) is 7.06. The van der Waals surface area contributed by atoms with Gasteiger partial charge in [0.25, 0.3) is 5.91 Å². The molecule has 0 spiro atoms. The van der Waals surface area contributed by atoms with Crippen molar-refractivity contribution in [2.45, 2.75) is 19.4 Å². The zero-order chi connectivity index (χ0) is 14.7. The Morgan fingerprint density at radius 2 is 2.38 bits per heavy atom. The molecule has 3 rings (SSSR count). The van der Waals surface area contributed by atoms with Gasteiger partial charge in [-0.15, -0.1) is 0 Å². The number of aryl methyl sites for hydroxylation is 1. The molecular formula is C15H17FN4O. The highest BCUT2D eigenvalue weighted by Gasteiger charge is 2.15. The van der Waals surface area contributed by atoms with Gasteiger partial charge in [-0.1, -0.05) is 12.1 Å². The average molecular weight is 288 g/mol. The van der Waals surface area contributed by atoms with Crippen LogP contribution < -0.4 is 10.6 Å².